The van der Waals surface area contributed by atoms with Gasteiger partial charge in [0.1, 0.15) is 17.6 Å². The molecule has 0 aromatic heterocycles. The molecule has 0 spiro atoms. The zero-order valence-corrected chi connectivity index (χ0v) is 13.9. The number of ether oxygens (including phenoxy) is 2. The quantitative estimate of drug-likeness (QED) is 0.838. The van der Waals surface area contributed by atoms with Gasteiger partial charge in [-0.2, -0.15) is 0 Å². The molecule has 0 radical (unpaired) electrons. The van der Waals surface area contributed by atoms with Crippen molar-refractivity contribution in [3.8, 4) is 11.5 Å². The molecule has 2 rings (SSSR count). The van der Waals surface area contributed by atoms with E-state index in [-0.39, 0.29) is 30.3 Å². The molecule has 0 bridgehead atoms. The van der Waals surface area contributed by atoms with Gasteiger partial charge in [-0.25, -0.2) is 0 Å². The van der Waals surface area contributed by atoms with Gasteiger partial charge < -0.3 is 20.1 Å². The van der Waals surface area contributed by atoms with E-state index in [2.05, 4.69) is 10.6 Å². The number of nitrogens with one attached hydrogen (secondary N) is 2. The second-order valence-corrected chi connectivity index (χ2v) is 5.38. The first-order chi connectivity index (χ1) is 10.2. The summed E-state index contributed by atoms with van der Waals surface area (Å²) in [5.74, 6) is 1.78. The molecule has 1 saturated heterocycles. The highest BCUT2D eigenvalue weighted by Crippen LogP contribution is 2.19. The Morgan fingerprint density at radius 2 is 2.05 bits per heavy atom. The van der Waals surface area contributed by atoms with Gasteiger partial charge in [-0.3, -0.25) is 4.79 Å². The Bertz CT molecular complexity index is 464. The van der Waals surface area contributed by atoms with Crippen LogP contribution in [0.3, 0.4) is 0 Å². The molecule has 1 atom stereocenters. The highest BCUT2D eigenvalue weighted by atomic mass is 35.5. The molecule has 0 saturated carbocycles. The minimum absolute atomic E-state index is 0. The number of amides is 1. The number of hydrogen-bond acceptors (Lipinski definition) is 4. The topological polar surface area (TPSA) is 59.6 Å². The largest absolute Gasteiger partial charge is 0.497 e. The van der Waals surface area contributed by atoms with Gasteiger partial charge in [0, 0.05) is 12.0 Å². The number of rotatable bonds is 6. The normalized spacial score (nSPS) is 16.3. The van der Waals surface area contributed by atoms with Gasteiger partial charge in [-0.1, -0.05) is 6.07 Å². The third-order valence-corrected chi connectivity index (χ3v) is 3.65. The summed E-state index contributed by atoms with van der Waals surface area (Å²) >= 11 is 0. The van der Waals surface area contributed by atoms with Crippen molar-refractivity contribution in [1.82, 2.24) is 10.6 Å². The average Bonchev–Trinajstić information content (AvgIpc) is 2.53. The lowest BCUT2D eigenvalue weighted by Crippen LogP contribution is -2.41. The second kappa shape index (κ2) is 9.54. The van der Waals surface area contributed by atoms with Crippen LogP contribution in [0.15, 0.2) is 24.3 Å². The van der Waals surface area contributed by atoms with Crippen LogP contribution in [0, 0.1) is 5.92 Å². The lowest BCUT2D eigenvalue weighted by atomic mass is 9.97. The Kier molecular flexibility index (Phi) is 8.06. The lowest BCUT2D eigenvalue weighted by Gasteiger charge is -2.23. The van der Waals surface area contributed by atoms with Gasteiger partial charge in [-0.05, 0) is 45.0 Å². The van der Waals surface area contributed by atoms with Crippen LogP contribution in [-0.4, -0.2) is 38.8 Å². The van der Waals surface area contributed by atoms with E-state index in [1.165, 1.54) is 0 Å². The summed E-state index contributed by atoms with van der Waals surface area (Å²) in [5, 5.41) is 6.24. The van der Waals surface area contributed by atoms with E-state index in [9.17, 15) is 4.79 Å². The van der Waals surface area contributed by atoms with Crippen molar-refractivity contribution in [3.05, 3.63) is 24.3 Å². The molecule has 2 N–H and O–H groups in total. The molecule has 6 heteroatoms. The van der Waals surface area contributed by atoms with E-state index in [1.54, 1.807) is 7.11 Å². The molecule has 0 aliphatic carbocycles. The summed E-state index contributed by atoms with van der Waals surface area (Å²) in [7, 11) is 1.63. The first-order valence-corrected chi connectivity index (χ1v) is 7.48. The van der Waals surface area contributed by atoms with E-state index in [1.807, 2.05) is 31.2 Å². The Morgan fingerprint density at radius 3 is 2.73 bits per heavy atom. The monoisotopic (exact) mass is 328 g/mol. The smallest absolute Gasteiger partial charge is 0.223 e. The fraction of sp³-hybridized carbons (Fsp3) is 0.562. The number of piperidine rings is 1. The third kappa shape index (κ3) is 5.73. The van der Waals surface area contributed by atoms with Gasteiger partial charge in [0.2, 0.25) is 5.91 Å². The molecular formula is C16H25ClN2O3. The molecular weight excluding hydrogens is 304 g/mol. The van der Waals surface area contributed by atoms with Crippen molar-refractivity contribution in [3.63, 3.8) is 0 Å². The van der Waals surface area contributed by atoms with Crippen molar-refractivity contribution < 1.29 is 14.3 Å². The maximum absolute atomic E-state index is 12.0. The number of carbonyl (C=O) groups excluding carboxylic acids is 1. The first kappa shape index (κ1) is 18.6. The standard InChI is InChI=1S/C16H24N2O3.ClH/c1-12(21-15-5-3-4-14(10-15)20-2)11-18-16(19)13-6-8-17-9-7-13;/h3-5,10,12-13,17H,6-9,11H2,1-2H3,(H,18,19);1H. The molecule has 1 aromatic rings. The minimum atomic E-state index is -0.0808. The predicted octanol–water partition coefficient (Wildman–Crippen LogP) is 2.00. The number of hydrogen-bond donors (Lipinski definition) is 2. The van der Waals surface area contributed by atoms with Crippen molar-refractivity contribution in [2.24, 2.45) is 5.92 Å². The van der Waals surface area contributed by atoms with Crippen molar-refractivity contribution in [2.75, 3.05) is 26.7 Å². The fourth-order valence-electron chi connectivity index (χ4n) is 2.42. The number of methoxy groups -OCH3 is 1. The van der Waals surface area contributed by atoms with Crippen LogP contribution in [0.5, 0.6) is 11.5 Å². The second-order valence-electron chi connectivity index (χ2n) is 5.38. The van der Waals surface area contributed by atoms with Gasteiger partial charge in [0.15, 0.2) is 0 Å². The van der Waals surface area contributed by atoms with Crippen LogP contribution in [0.4, 0.5) is 0 Å². The maximum Gasteiger partial charge on any atom is 0.223 e. The highest BCUT2D eigenvalue weighted by molar-refractivity contribution is 5.85. The molecule has 1 aliphatic heterocycles. The van der Waals surface area contributed by atoms with Crippen LogP contribution >= 0.6 is 12.4 Å². The Morgan fingerprint density at radius 1 is 1.36 bits per heavy atom. The van der Waals surface area contributed by atoms with E-state index >= 15 is 0 Å². The Hall–Kier alpha value is -1.46. The third-order valence-electron chi connectivity index (χ3n) is 3.65. The molecule has 1 unspecified atom stereocenters. The molecule has 1 aliphatic rings. The van der Waals surface area contributed by atoms with Gasteiger partial charge >= 0.3 is 0 Å². The highest BCUT2D eigenvalue weighted by Gasteiger charge is 2.21. The van der Waals surface area contributed by atoms with Crippen molar-refractivity contribution in [2.45, 2.75) is 25.9 Å². The summed E-state index contributed by atoms with van der Waals surface area (Å²) in [5.41, 5.74) is 0. The van der Waals surface area contributed by atoms with Crippen LogP contribution < -0.4 is 20.1 Å². The van der Waals surface area contributed by atoms with Crippen LogP contribution in [-0.2, 0) is 4.79 Å². The van der Waals surface area contributed by atoms with Gasteiger partial charge in [-0.15, -0.1) is 12.4 Å². The number of benzene rings is 1. The Balaban J connectivity index is 0.00000242. The number of carbonyl (C=O) groups is 1. The summed E-state index contributed by atoms with van der Waals surface area (Å²) in [6.07, 6.45) is 1.75. The minimum Gasteiger partial charge on any atom is -0.497 e. The molecule has 1 fully saturated rings. The van der Waals surface area contributed by atoms with Gasteiger partial charge in [0.05, 0.1) is 13.7 Å². The molecule has 1 amide bonds. The zero-order chi connectivity index (χ0) is 15.1. The van der Waals surface area contributed by atoms with Crippen LogP contribution in [0.2, 0.25) is 0 Å². The predicted molar refractivity (Wildman–Crippen MR) is 88.9 cm³/mol. The SMILES string of the molecule is COc1cccc(OC(C)CNC(=O)C2CCNCC2)c1.Cl. The summed E-state index contributed by atoms with van der Waals surface area (Å²) in [4.78, 5) is 12.0. The summed E-state index contributed by atoms with van der Waals surface area (Å²) in [6, 6.07) is 7.48. The maximum atomic E-state index is 12.0. The molecule has 1 aromatic carbocycles. The molecule has 22 heavy (non-hydrogen) atoms. The number of halogens is 1. The van der Waals surface area contributed by atoms with Gasteiger partial charge in [0.25, 0.3) is 0 Å². The Labute approximate surface area is 138 Å². The first-order valence-electron chi connectivity index (χ1n) is 7.48. The fourth-order valence-corrected chi connectivity index (χ4v) is 2.42. The van der Waals surface area contributed by atoms with E-state index in [4.69, 9.17) is 9.47 Å². The average molecular weight is 329 g/mol. The molecule has 5 nitrogen and oxygen atoms in total. The molecule has 1 heterocycles. The van der Waals surface area contributed by atoms with E-state index in [0.717, 1.165) is 37.4 Å². The van der Waals surface area contributed by atoms with E-state index < -0.39 is 0 Å². The van der Waals surface area contributed by atoms with Crippen LogP contribution in [0.25, 0.3) is 0 Å². The van der Waals surface area contributed by atoms with E-state index in [0.29, 0.717) is 6.54 Å². The molecule has 124 valence electrons. The lowest BCUT2D eigenvalue weighted by molar-refractivity contribution is -0.126. The zero-order valence-electron chi connectivity index (χ0n) is 13.1. The van der Waals surface area contributed by atoms with Crippen molar-refractivity contribution in [1.29, 1.82) is 0 Å². The van der Waals surface area contributed by atoms with Crippen LogP contribution in [0.1, 0.15) is 19.8 Å². The summed E-state index contributed by atoms with van der Waals surface area (Å²) < 4.78 is 10.9. The van der Waals surface area contributed by atoms with Crippen molar-refractivity contribution >= 4 is 18.3 Å². The summed E-state index contributed by atoms with van der Waals surface area (Å²) in [6.45, 7) is 4.31.